The van der Waals surface area contributed by atoms with E-state index in [1.807, 2.05) is 0 Å². The lowest BCUT2D eigenvalue weighted by atomic mass is 9.33. The third kappa shape index (κ3) is 3.49. The van der Waals surface area contributed by atoms with Crippen LogP contribution in [0.2, 0.25) is 0 Å². The summed E-state index contributed by atoms with van der Waals surface area (Å²) in [6, 6.07) is 0. The summed E-state index contributed by atoms with van der Waals surface area (Å²) in [4.78, 5) is 11.9. The number of carbonyl (C=O) groups is 1. The third-order valence-corrected chi connectivity index (χ3v) is 15.5. The Morgan fingerprint density at radius 2 is 1.51 bits per heavy atom. The van der Waals surface area contributed by atoms with Gasteiger partial charge in [0, 0.05) is 12.3 Å². The molecule has 5 fully saturated rings. The molecule has 0 radical (unpaired) electrons. The second-order valence-electron chi connectivity index (χ2n) is 15.2. The van der Waals surface area contributed by atoms with Gasteiger partial charge in [-0.25, -0.2) is 0 Å². The zero-order valence-electron chi connectivity index (χ0n) is 24.2. The smallest absolute Gasteiger partial charge is 0.302 e. The lowest BCUT2D eigenvalue weighted by molar-refractivity contribution is -0.242. The molecule has 0 saturated heterocycles. The lowest BCUT2D eigenvalue weighted by Gasteiger charge is -2.72. The summed E-state index contributed by atoms with van der Waals surface area (Å²) < 4.78 is 41.5. The SMILES string of the molecule is C=C(C)[C@@H]1CC[C@]2(S(=O)(=O)O)CC[C@]3(C)C(CCC4[C@@]5(C)CC[C@H](OC(C)=O)C(C)(C)C5CC[C@]43C)C12. The van der Waals surface area contributed by atoms with E-state index in [1.165, 1.54) is 6.92 Å². The number of carbonyl (C=O) groups excluding carboxylic acids is 1. The Morgan fingerprint density at radius 1 is 0.838 bits per heavy atom. The van der Waals surface area contributed by atoms with Crippen molar-refractivity contribution in [3.63, 3.8) is 0 Å². The quantitative estimate of drug-likeness (QED) is 0.235. The average Bonchev–Trinajstić information content (AvgIpc) is 3.17. The normalized spacial score (nSPS) is 50.7. The van der Waals surface area contributed by atoms with Crippen LogP contribution in [0.1, 0.15) is 113 Å². The van der Waals surface area contributed by atoms with E-state index in [1.54, 1.807) is 0 Å². The van der Waals surface area contributed by atoms with Crippen LogP contribution in [0.3, 0.4) is 0 Å². The highest BCUT2D eigenvalue weighted by Crippen LogP contribution is 2.77. The topological polar surface area (TPSA) is 80.7 Å². The Morgan fingerprint density at radius 3 is 2.11 bits per heavy atom. The Labute approximate surface area is 225 Å². The Hall–Kier alpha value is -0.880. The molecule has 0 heterocycles. The number of allylic oxidation sites excluding steroid dienone is 1. The van der Waals surface area contributed by atoms with Crippen LogP contribution in [0.5, 0.6) is 0 Å². The monoisotopic (exact) mass is 534 g/mol. The van der Waals surface area contributed by atoms with Gasteiger partial charge < -0.3 is 4.74 Å². The maximum Gasteiger partial charge on any atom is 0.302 e. The van der Waals surface area contributed by atoms with Crippen molar-refractivity contribution in [1.29, 1.82) is 0 Å². The van der Waals surface area contributed by atoms with E-state index in [0.717, 1.165) is 56.9 Å². The standard InChI is InChI=1S/C31H50O5S/c1-19(2)21-11-16-31(37(33,34)35)18-17-29(7)22(26(21)31)9-10-24-28(6)14-13-25(36-20(3)32)27(4,5)23(28)12-15-30(24,29)8/h21-26H,1,9-18H2,2-8H3,(H,33,34,35)/t21-,22?,23?,24?,25-,26?,28-,29+,30+,31-/m0/s1. The molecule has 210 valence electrons. The van der Waals surface area contributed by atoms with Crippen LogP contribution in [0, 0.1) is 51.2 Å². The molecular formula is C31H50O5S. The zero-order valence-corrected chi connectivity index (χ0v) is 25.0. The molecule has 0 amide bonds. The van der Waals surface area contributed by atoms with Gasteiger partial charge in [-0.15, -0.1) is 0 Å². The molecule has 4 unspecified atom stereocenters. The first-order valence-electron chi connectivity index (χ1n) is 14.8. The molecule has 6 heteroatoms. The molecular weight excluding hydrogens is 484 g/mol. The van der Waals surface area contributed by atoms with Gasteiger partial charge in [0.2, 0.25) is 0 Å². The molecule has 0 aliphatic heterocycles. The lowest BCUT2D eigenvalue weighted by Crippen LogP contribution is -2.68. The highest BCUT2D eigenvalue weighted by atomic mass is 32.2. The first-order valence-corrected chi connectivity index (χ1v) is 16.2. The van der Waals surface area contributed by atoms with Crippen LogP contribution in [0.4, 0.5) is 0 Å². The zero-order chi connectivity index (χ0) is 27.4. The summed E-state index contributed by atoms with van der Waals surface area (Å²) in [5.41, 5.74) is 1.31. The van der Waals surface area contributed by atoms with Crippen molar-refractivity contribution in [2.45, 2.75) is 124 Å². The van der Waals surface area contributed by atoms with Crippen molar-refractivity contribution in [2.75, 3.05) is 0 Å². The molecule has 0 aromatic carbocycles. The van der Waals surface area contributed by atoms with Crippen LogP contribution in [0.25, 0.3) is 0 Å². The van der Waals surface area contributed by atoms with Gasteiger partial charge in [-0.1, -0.05) is 46.8 Å². The molecule has 10 atom stereocenters. The van der Waals surface area contributed by atoms with E-state index in [0.29, 0.717) is 24.7 Å². The maximum atomic E-state index is 13.0. The van der Waals surface area contributed by atoms with Gasteiger partial charge in [-0.3, -0.25) is 9.35 Å². The Balaban J connectivity index is 1.54. The second kappa shape index (κ2) is 8.32. The molecule has 0 aromatic rings. The molecule has 37 heavy (non-hydrogen) atoms. The predicted octanol–water partition coefficient (Wildman–Crippen LogP) is 7.22. The van der Waals surface area contributed by atoms with Crippen LogP contribution in [-0.4, -0.2) is 29.8 Å². The van der Waals surface area contributed by atoms with Crippen molar-refractivity contribution >= 4 is 16.1 Å². The van der Waals surface area contributed by atoms with Crippen molar-refractivity contribution in [3.05, 3.63) is 12.2 Å². The first kappa shape index (κ1) is 27.7. The van der Waals surface area contributed by atoms with Gasteiger partial charge in [0.25, 0.3) is 10.1 Å². The number of fused-ring (bicyclic) bond motifs is 7. The Kier molecular flexibility index (Phi) is 6.22. The van der Waals surface area contributed by atoms with Crippen LogP contribution < -0.4 is 0 Å². The molecule has 0 aromatic heterocycles. The van der Waals surface area contributed by atoms with Crippen LogP contribution in [0.15, 0.2) is 12.2 Å². The van der Waals surface area contributed by atoms with E-state index in [2.05, 4.69) is 48.1 Å². The van der Waals surface area contributed by atoms with E-state index in [9.17, 15) is 17.8 Å². The highest BCUT2D eigenvalue weighted by molar-refractivity contribution is 7.87. The van der Waals surface area contributed by atoms with Gasteiger partial charge in [-0.2, -0.15) is 8.42 Å². The Bertz CT molecular complexity index is 1090. The van der Waals surface area contributed by atoms with Crippen LogP contribution >= 0.6 is 0 Å². The van der Waals surface area contributed by atoms with Gasteiger partial charge in [-0.05, 0) is 117 Å². The minimum atomic E-state index is -4.16. The molecule has 5 saturated carbocycles. The van der Waals surface area contributed by atoms with Gasteiger partial charge >= 0.3 is 5.97 Å². The molecule has 1 N–H and O–H groups in total. The largest absolute Gasteiger partial charge is 0.462 e. The first-order chi connectivity index (χ1) is 17.0. The van der Waals surface area contributed by atoms with E-state index in [4.69, 9.17) is 4.74 Å². The molecule has 0 bridgehead atoms. The number of rotatable bonds is 3. The van der Waals surface area contributed by atoms with Gasteiger partial charge in [0.15, 0.2) is 0 Å². The summed E-state index contributed by atoms with van der Waals surface area (Å²) in [7, 11) is -4.16. The highest BCUT2D eigenvalue weighted by Gasteiger charge is 2.72. The average molecular weight is 535 g/mol. The minimum absolute atomic E-state index is 0.0255. The molecule has 5 rings (SSSR count). The summed E-state index contributed by atoms with van der Waals surface area (Å²) in [6.07, 6.45) is 9.16. The summed E-state index contributed by atoms with van der Waals surface area (Å²) >= 11 is 0. The minimum Gasteiger partial charge on any atom is -0.462 e. The van der Waals surface area contributed by atoms with Crippen molar-refractivity contribution in [1.82, 2.24) is 0 Å². The fourth-order valence-electron chi connectivity index (χ4n) is 11.9. The summed E-state index contributed by atoms with van der Waals surface area (Å²) in [6.45, 7) is 20.0. The molecule has 5 aliphatic rings. The van der Waals surface area contributed by atoms with Gasteiger partial charge in [0.05, 0.1) is 0 Å². The number of hydrogen-bond donors (Lipinski definition) is 1. The van der Waals surface area contributed by atoms with E-state index < -0.39 is 14.9 Å². The fourth-order valence-corrected chi connectivity index (χ4v) is 13.3. The number of esters is 1. The van der Waals surface area contributed by atoms with Crippen molar-refractivity contribution < 1.29 is 22.5 Å². The second-order valence-corrected chi connectivity index (χ2v) is 16.9. The number of ether oxygens (including phenoxy) is 1. The third-order valence-electron chi connectivity index (χ3n) is 13.8. The maximum absolute atomic E-state index is 13.0. The van der Waals surface area contributed by atoms with E-state index in [-0.39, 0.29) is 51.5 Å². The van der Waals surface area contributed by atoms with Crippen molar-refractivity contribution in [2.24, 2.45) is 51.2 Å². The molecule has 5 aliphatic carbocycles. The van der Waals surface area contributed by atoms with Gasteiger partial charge in [0.1, 0.15) is 10.9 Å². The summed E-state index contributed by atoms with van der Waals surface area (Å²) in [5, 5.41) is 0. The van der Waals surface area contributed by atoms with Crippen molar-refractivity contribution in [3.8, 4) is 0 Å². The fraction of sp³-hybridized carbons (Fsp3) is 0.903. The number of hydrogen-bond acceptors (Lipinski definition) is 4. The van der Waals surface area contributed by atoms with E-state index >= 15 is 0 Å². The summed E-state index contributed by atoms with van der Waals surface area (Å²) in [5.74, 6) is 1.27. The molecule has 5 nitrogen and oxygen atoms in total. The van der Waals surface area contributed by atoms with Crippen LogP contribution in [-0.2, 0) is 19.6 Å². The molecule has 0 spiro atoms. The predicted molar refractivity (Wildman–Crippen MR) is 146 cm³/mol.